The van der Waals surface area contributed by atoms with Crippen LogP contribution in [0.5, 0.6) is 0 Å². The molecule has 2 heterocycles. The molecule has 5 heteroatoms. The van der Waals surface area contributed by atoms with Crippen LogP contribution >= 0.6 is 0 Å². The second-order valence-electron chi connectivity index (χ2n) is 1.89. The number of nitrogens with one attached hydrogen (secondary N) is 1. The van der Waals surface area contributed by atoms with E-state index in [1.165, 1.54) is 6.26 Å². The summed E-state index contributed by atoms with van der Waals surface area (Å²) < 4.78 is 9.67. The Morgan fingerprint density at radius 2 is 2.60 bits per heavy atom. The van der Waals surface area contributed by atoms with Gasteiger partial charge in [0.25, 0.3) is 0 Å². The molecule has 0 unspecified atom stereocenters. The largest absolute Gasteiger partial charge is 0.349 e. The average molecular weight is 140 g/mol. The van der Waals surface area contributed by atoms with Crippen molar-refractivity contribution in [1.82, 2.24) is 15.7 Å². The second kappa shape index (κ2) is 2.36. The van der Waals surface area contributed by atoms with Gasteiger partial charge < -0.3 is 9.26 Å². The smallest absolute Gasteiger partial charge is 0.217 e. The molecule has 1 aromatic rings. The number of rotatable bonds is 1. The Hall–Kier alpha value is -0.940. The minimum atomic E-state index is 0.623. The van der Waals surface area contributed by atoms with Crippen LogP contribution < -0.4 is 5.32 Å². The molecule has 2 rings (SSSR count). The van der Waals surface area contributed by atoms with Crippen LogP contribution in [0.25, 0.3) is 0 Å². The summed E-state index contributed by atoms with van der Waals surface area (Å²) >= 11 is 0. The Balaban J connectivity index is 2.12. The summed E-state index contributed by atoms with van der Waals surface area (Å²) in [7, 11) is 0. The van der Waals surface area contributed by atoms with Gasteiger partial charge in [0.15, 0.2) is 12.0 Å². The van der Waals surface area contributed by atoms with Gasteiger partial charge in [-0.3, -0.25) is 5.32 Å². The van der Waals surface area contributed by atoms with Crippen LogP contribution in [-0.2, 0) is 4.74 Å². The van der Waals surface area contributed by atoms with Crippen molar-refractivity contribution < 1.29 is 9.26 Å². The highest BCUT2D eigenvalue weighted by Gasteiger charge is 2.21. The van der Waals surface area contributed by atoms with Crippen LogP contribution in [-0.4, -0.2) is 23.5 Å². The molecule has 1 saturated heterocycles. The maximum Gasteiger partial charge on any atom is 0.217 e. The predicted octanol–water partition coefficient (Wildman–Crippen LogP) is -0.473. The fraction of sp³-hybridized carbons (Fsp3) is 0.400. The number of nitrogens with zero attached hydrogens (tertiary/aromatic N) is 2. The van der Waals surface area contributed by atoms with Crippen molar-refractivity contribution in [3.63, 3.8) is 0 Å². The minimum absolute atomic E-state index is 0.623. The van der Waals surface area contributed by atoms with Gasteiger partial charge in [0.2, 0.25) is 6.23 Å². The summed E-state index contributed by atoms with van der Waals surface area (Å²) in [5, 5.41) is 9.95. The first-order chi connectivity index (χ1) is 4.97. The van der Waals surface area contributed by atoms with E-state index in [0.29, 0.717) is 18.5 Å². The first-order valence-corrected chi connectivity index (χ1v) is 2.98. The third kappa shape index (κ3) is 0.891. The first-order valence-electron chi connectivity index (χ1n) is 2.98. The van der Waals surface area contributed by atoms with Gasteiger partial charge in [0, 0.05) is 11.8 Å². The fourth-order valence-electron chi connectivity index (χ4n) is 0.797. The maximum absolute atomic E-state index is 5.14. The summed E-state index contributed by atoms with van der Waals surface area (Å²) in [5.74, 6) is 0. The molecule has 1 N–H and O–H groups in total. The lowest BCUT2D eigenvalue weighted by Gasteiger charge is -1.99. The minimum Gasteiger partial charge on any atom is -0.349 e. The number of ether oxygens (including phenoxy) is 1. The van der Waals surface area contributed by atoms with Gasteiger partial charge in [0.05, 0.1) is 6.61 Å². The molecule has 1 aliphatic heterocycles. The standard InChI is InChI=1S/C5H6N3O2/c1-2-9-5(6-1)4-3-10-8-7-4/h3,6H,1-2H2. The van der Waals surface area contributed by atoms with Crippen molar-refractivity contribution in [3.05, 3.63) is 18.2 Å². The zero-order chi connectivity index (χ0) is 6.81. The van der Waals surface area contributed by atoms with E-state index in [9.17, 15) is 0 Å². The van der Waals surface area contributed by atoms with Crippen molar-refractivity contribution in [2.45, 2.75) is 0 Å². The Morgan fingerprint density at radius 1 is 1.60 bits per heavy atom. The molecule has 5 nitrogen and oxygen atoms in total. The molecule has 1 aliphatic rings. The van der Waals surface area contributed by atoms with E-state index in [-0.39, 0.29) is 0 Å². The molecular weight excluding hydrogens is 134 g/mol. The lowest BCUT2D eigenvalue weighted by molar-refractivity contribution is 0.211. The molecule has 1 fully saturated rings. The Bertz CT molecular complexity index is 193. The van der Waals surface area contributed by atoms with E-state index in [0.717, 1.165) is 6.54 Å². The molecule has 0 aliphatic carbocycles. The molecule has 10 heavy (non-hydrogen) atoms. The number of hydrogen-bond acceptors (Lipinski definition) is 5. The normalized spacial score (nSPS) is 20.0. The molecule has 0 aromatic carbocycles. The van der Waals surface area contributed by atoms with Crippen molar-refractivity contribution in [3.8, 4) is 0 Å². The summed E-state index contributed by atoms with van der Waals surface area (Å²) in [4.78, 5) is 0. The van der Waals surface area contributed by atoms with E-state index < -0.39 is 0 Å². The maximum atomic E-state index is 5.14. The second-order valence-corrected chi connectivity index (χ2v) is 1.89. The third-order valence-corrected chi connectivity index (χ3v) is 1.23. The summed E-state index contributed by atoms with van der Waals surface area (Å²) in [6.45, 7) is 1.50. The lowest BCUT2D eigenvalue weighted by atomic mass is 10.4. The van der Waals surface area contributed by atoms with Gasteiger partial charge in [-0.25, -0.2) is 0 Å². The van der Waals surface area contributed by atoms with Crippen LogP contribution in [0.3, 0.4) is 0 Å². The van der Waals surface area contributed by atoms with Crippen LogP contribution in [0.4, 0.5) is 0 Å². The van der Waals surface area contributed by atoms with Crippen LogP contribution in [0.1, 0.15) is 5.69 Å². The average Bonchev–Trinajstić information content (AvgIpc) is 2.59. The van der Waals surface area contributed by atoms with Gasteiger partial charge in [-0.05, 0) is 0 Å². The molecule has 0 amide bonds. The zero-order valence-electron chi connectivity index (χ0n) is 5.20. The summed E-state index contributed by atoms with van der Waals surface area (Å²) in [6, 6.07) is 0. The van der Waals surface area contributed by atoms with Crippen LogP contribution in [0.2, 0.25) is 0 Å². The number of hydrogen-bond donors (Lipinski definition) is 1. The van der Waals surface area contributed by atoms with Gasteiger partial charge in [-0.15, -0.1) is 5.10 Å². The molecule has 1 aromatic heterocycles. The Morgan fingerprint density at radius 3 is 3.20 bits per heavy atom. The molecule has 0 spiro atoms. The van der Waals surface area contributed by atoms with E-state index in [4.69, 9.17) is 4.74 Å². The highest BCUT2D eigenvalue weighted by molar-refractivity contribution is 5.11. The van der Waals surface area contributed by atoms with Crippen molar-refractivity contribution in [2.24, 2.45) is 0 Å². The first kappa shape index (κ1) is 5.82. The van der Waals surface area contributed by atoms with Crippen molar-refractivity contribution >= 4 is 0 Å². The van der Waals surface area contributed by atoms with Gasteiger partial charge in [-0.1, -0.05) is 0 Å². The quantitative estimate of drug-likeness (QED) is 0.571. The van der Waals surface area contributed by atoms with Crippen LogP contribution in [0, 0.1) is 6.23 Å². The van der Waals surface area contributed by atoms with Gasteiger partial charge in [-0.2, -0.15) is 0 Å². The monoisotopic (exact) mass is 140 g/mol. The molecule has 0 saturated carbocycles. The molecule has 1 radical (unpaired) electrons. The van der Waals surface area contributed by atoms with E-state index >= 15 is 0 Å². The third-order valence-electron chi connectivity index (χ3n) is 1.23. The predicted molar refractivity (Wildman–Crippen MR) is 30.6 cm³/mol. The Kier molecular flexibility index (Phi) is 1.37. The van der Waals surface area contributed by atoms with Crippen molar-refractivity contribution in [2.75, 3.05) is 13.2 Å². The van der Waals surface area contributed by atoms with Gasteiger partial charge in [0.1, 0.15) is 0 Å². The molecular formula is C5H6N3O2. The highest BCUT2D eigenvalue weighted by atomic mass is 16.5. The Labute approximate surface area is 57.3 Å². The number of aromatic nitrogens is 2. The van der Waals surface area contributed by atoms with Crippen LogP contribution in [0.15, 0.2) is 10.8 Å². The van der Waals surface area contributed by atoms with Gasteiger partial charge >= 0.3 is 0 Å². The highest BCUT2D eigenvalue weighted by Crippen LogP contribution is 2.12. The van der Waals surface area contributed by atoms with E-state index in [1.54, 1.807) is 0 Å². The molecule has 53 valence electrons. The fourth-order valence-corrected chi connectivity index (χ4v) is 0.797. The molecule has 0 atom stereocenters. The summed E-state index contributed by atoms with van der Waals surface area (Å²) in [6.07, 6.45) is 2.09. The topological polar surface area (TPSA) is 60.2 Å². The summed E-state index contributed by atoms with van der Waals surface area (Å²) in [5.41, 5.74) is 0.623. The van der Waals surface area contributed by atoms with E-state index in [2.05, 4.69) is 20.2 Å². The molecule has 0 bridgehead atoms. The van der Waals surface area contributed by atoms with Crippen molar-refractivity contribution in [1.29, 1.82) is 0 Å². The lowest BCUT2D eigenvalue weighted by Crippen LogP contribution is -2.15. The van der Waals surface area contributed by atoms with E-state index in [1.807, 2.05) is 0 Å². The zero-order valence-corrected chi connectivity index (χ0v) is 5.20. The SMILES string of the molecule is c1onnc1[C]1NCCO1.